The molecular weight excluding hydrogens is 1170 g/mol. The van der Waals surface area contributed by atoms with Crippen molar-refractivity contribution in [3.8, 4) is 0 Å². The zero-order chi connectivity index (χ0) is 65.7. The van der Waals surface area contributed by atoms with Crippen LogP contribution in [0.3, 0.4) is 0 Å². The SMILES string of the molecule is CCCCCCCCCCCCCCCCC(=O)O[C@H](COC(=O)CCCCCCCCCCCCC(C)C)COP(=O)(O)OC[C@@H](O)COP(=O)(O)OC[C@@H](COC(=O)CCCCCCCCC(C)CC)OC(=O)CCCCCCCCCCCCCC. The second kappa shape index (κ2) is 62.2. The third-order valence-electron chi connectivity index (χ3n) is 16.6. The highest BCUT2D eigenvalue weighted by molar-refractivity contribution is 7.47. The van der Waals surface area contributed by atoms with Crippen LogP contribution in [0.25, 0.3) is 0 Å². The highest BCUT2D eigenvalue weighted by Gasteiger charge is 2.30. The molecule has 0 saturated heterocycles. The fourth-order valence-electron chi connectivity index (χ4n) is 10.6. The maximum atomic E-state index is 13.0. The minimum absolute atomic E-state index is 0.106. The molecule has 0 aromatic rings. The Morgan fingerprint density at radius 1 is 0.326 bits per heavy atom. The standard InChI is InChI=1S/C70H136O17P2/c1-7-10-12-14-16-18-20-22-23-25-31-35-43-49-55-70(75)86-65(58-80-67(72)52-46-40-33-29-27-26-28-32-38-44-50-62(4)5)60-84-88(76,77)82-56-64(71)57-83-89(78,79)85-61-66(59-81-68(73)53-47-41-37-36-39-45-51-63(6)9-3)87-69(74)54-48-42-34-30-24-21-19-17-15-13-11-8-2/h62-66,71H,7-61H2,1-6H3,(H,76,77)(H,78,79)/t63?,64-,65-,66-/m1/s1. The third kappa shape index (κ3) is 63.2. The zero-order valence-corrected chi connectivity index (χ0v) is 59.5. The molecule has 0 bridgehead atoms. The van der Waals surface area contributed by atoms with Crippen LogP contribution >= 0.6 is 15.6 Å². The van der Waals surface area contributed by atoms with Crippen LogP contribution in [-0.2, 0) is 65.4 Å². The van der Waals surface area contributed by atoms with E-state index in [-0.39, 0.29) is 25.7 Å². The van der Waals surface area contributed by atoms with Crippen LogP contribution in [0.1, 0.15) is 356 Å². The number of hydrogen-bond donors (Lipinski definition) is 3. The minimum Gasteiger partial charge on any atom is -0.462 e. The van der Waals surface area contributed by atoms with Gasteiger partial charge in [0.05, 0.1) is 26.4 Å². The number of carbonyl (C=O) groups is 4. The monoisotopic (exact) mass is 1310 g/mol. The highest BCUT2D eigenvalue weighted by atomic mass is 31.2. The summed E-state index contributed by atoms with van der Waals surface area (Å²) in [5.74, 6) is -0.633. The Labute approximate surface area is 543 Å². The van der Waals surface area contributed by atoms with Crippen LogP contribution in [0, 0.1) is 11.8 Å². The molecule has 0 amide bonds. The number of unbranched alkanes of at least 4 members (excludes halogenated alkanes) is 38. The quantitative estimate of drug-likeness (QED) is 0.0222. The molecule has 3 unspecified atom stereocenters. The molecule has 0 radical (unpaired) electrons. The summed E-state index contributed by atoms with van der Waals surface area (Å²) in [6.45, 7) is 9.51. The number of carbonyl (C=O) groups excluding carboxylic acids is 4. The summed E-state index contributed by atoms with van der Waals surface area (Å²) in [5, 5.41) is 10.6. The number of phosphoric ester groups is 2. The molecule has 0 saturated carbocycles. The van der Waals surface area contributed by atoms with Crippen molar-refractivity contribution >= 4 is 39.5 Å². The van der Waals surface area contributed by atoms with Crippen LogP contribution in [0.15, 0.2) is 0 Å². The molecule has 6 atom stereocenters. The van der Waals surface area contributed by atoms with E-state index in [1.165, 1.54) is 167 Å². The second-order valence-corrected chi connectivity index (χ2v) is 28.9. The first kappa shape index (κ1) is 87.1. The molecule has 89 heavy (non-hydrogen) atoms. The van der Waals surface area contributed by atoms with Gasteiger partial charge in [-0.25, -0.2) is 9.13 Å². The molecule has 19 heteroatoms. The Bertz CT molecular complexity index is 1740. The number of aliphatic hydroxyl groups is 1. The molecule has 0 aromatic carbocycles. The molecule has 528 valence electrons. The number of esters is 4. The predicted molar refractivity (Wildman–Crippen MR) is 358 cm³/mol. The van der Waals surface area contributed by atoms with Crippen molar-refractivity contribution in [2.45, 2.75) is 374 Å². The van der Waals surface area contributed by atoms with Crippen LogP contribution in [0.4, 0.5) is 0 Å². The Morgan fingerprint density at radius 3 is 0.854 bits per heavy atom. The second-order valence-electron chi connectivity index (χ2n) is 26.0. The van der Waals surface area contributed by atoms with Gasteiger partial charge in [-0.15, -0.1) is 0 Å². The number of aliphatic hydroxyl groups excluding tert-OH is 1. The topological polar surface area (TPSA) is 237 Å². The van der Waals surface area contributed by atoms with Gasteiger partial charge in [-0.1, -0.05) is 305 Å². The molecule has 0 fully saturated rings. The van der Waals surface area contributed by atoms with Gasteiger partial charge in [-0.3, -0.25) is 37.3 Å². The number of phosphoric acid groups is 2. The Hall–Kier alpha value is -1.94. The lowest BCUT2D eigenvalue weighted by atomic mass is 10.00. The number of rotatable bonds is 69. The van der Waals surface area contributed by atoms with E-state index >= 15 is 0 Å². The van der Waals surface area contributed by atoms with Crippen molar-refractivity contribution in [2.24, 2.45) is 11.8 Å². The first-order chi connectivity index (χ1) is 42.9. The maximum absolute atomic E-state index is 13.0. The van der Waals surface area contributed by atoms with Gasteiger partial charge >= 0.3 is 39.5 Å². The zero-order valence-electron chi connectivity index (χ0n) is 57.7. The maximum Gasteiger partial charge on any atom is 0.472 e. The van der Waals surface area contributed by atoms with Crippen molar-refractivity contribution in [1.82, 2.24) is 0 Å². The van der Waals surface area contributed by atoms with Gasteiger partial charge in [-0.2, -0.15) is 0 Å². The summed E-state index contributed by atoms with van der Waals surface area (Å²) in [4.78, 5) is 72.5. The van der Waals surface area contributed by atoms with Gasteiger partial charge in [-0.05, 0) is 37.5 Å². The van der Waals surface area contributed by atoms with Crippen LogP contribution in [0.5, 0.6) is 0 Å². The minimum atomic E-state index is -4.95. The Balaban J connectivity index is 5.26. The molecular formula is C70H136O17P2. The van der Waals surface area contributed by atoms with Gasteiger partial charge in [0.1, 0.15) is 19.3 Å². The average molecular weight is 1310 g/mol. The molecule has 0 aliphatic heterocycles. The van der Waals surface area contributed by atoms with Crippen molar-refractivity contribution in [3.05, 3.63) is 0 Å². The summed E-state index contributed by atoms with van der Waals surface area (Å²) in [6, 6.07) is 0. The fourth-order valence-corrected chi connectivity index (χ4v) is 12.1. The normalized spacial score (nSPS) is 14.4. The fraction of sp³-hybridized carbons (Fsp3) is 0.943. The van der Waals surface area contributed by atoms with E-state index in [0.29, 0.717) is 25.7 Å². The molecule has 0 spiro atoms. The van der Waals surface area contributed by atoms with E-state index in [1.807, 2.05) is 0 Å². The molecule has 0 aromatic heterocycles. The van der Waals surface area contributed by atoms with Crippen molar-refractivity contribution in [1.29, 1.82) is 0 Å². The summed E-state index contributed by atoms with van der Waals surface area (Å²) in [6.07, 6.45) is 47.1. The Morgan fingerprint density at radius 2 is 0.573 bits per heavy atom. The molecule has 0 heterocycles. The third-order valence-corrected chi connectivity index (χ3v) is 18.5. The van der Waals surface area contributed by atoms with Crippen molar-refractivity contribution < 1.29 is 80.2 Å². The first-order valence-corrected chi connectivity index (χ1v) is 39.5. The van der Waals surface area contributed by atoms with Gasteiger partial charge in [0.25, 0.3) is 0 Å². The van der Waals surface area contributed by atoms with E-state index in [4.69, 9.17) is 37.0 Å². The van der Waals surface area contributed by atoms with E-state index < -0.39 is 97.5 Å². The van der Waals surface area contributed by atoms with Gasteiger partial charge in [0, 0.05) is 25.7 Å². The summed E-state index contributed by atoms with van der Waals surface area (Å²) >= 11 is 0. The van der Waals surface area contributed by atoms with E-state index in [2.05, 4.69) is 41.5 Å². The summed E-state index contributed by atoms with van der Waals surface area (Å²) in [7, 11) is -9.90. The molecule has 0 aliphatic rings. The predicted octanol–water partition coefficient (Wildman–Crippen LogP) is 20.0. The largest absolute Gasteiger partial charge is 0.472 e. The summed E-state index contributed by atoms with van der Waals surface area (Å²) < 4.78 is 68.3. The Kier molecular flexibility index (Phi) is 60.8. The lowest BCUT2D eigenvalue weighted by Crippen LogP contribution is -2.30. The van der Waals surface area contributed by atoms with Gasteiger partial charge < -0.3 is 33.8 Å². The lowest BCUT2D eigenvalue weighted by Gasteiger charge is -2.21. The smallest absolute Gasteiger partial charge is 0.462 e. The summed E-state index contributed by atoms with van der Waals surface area (Å²) in [5.41, 5.74) is 0. The molecule has 17 nitrogen and oxygen atoms in total. The molecule has 0 rings (SSSR count). The molecule has 0 aliphatic carbocycles. The number of hydrogen-bond acceptors (Lipinski definition) is 15. The van der Waals surface area contributed by atoms with Crippen molar-refractivity contribution in [3.63, 3.8) is 0 Å². The first-order valence-electron chi connectivity index (χ1n) is 36.5. The number of ether oxygens (including phenoxy) is 4. The van der Waals surface area contributed by atoms with E-state index in [9.17, 15) is 43.2 Å². The van der Waals surface area contributed by atoms with Gasteiger partial charge in [0.2, 0.25) is 0 Å². The lowest BCUT2D eigenvalue weighted by molar-refractivity contribution is -0.161. The van der Waals surface area contributed by atoms with Crippen molar-refractivity contribution in [2.75, 3.05) is 39.6 Å². The molecule has 3 N–H and O–H groups in total. The van der Waals surface area contributed by atoms with E-state index in [0.717, 1.165) is 108 Å². The van der Waals surface area contributed by atoms with Crippen LogP contribution < -0.4 is 0 Å². The van der Waals surface area contributed by atoms with Crippen LogP contribution in [0.2, 0.25) is 0 Å². The van der Waals surface area contributed by atoms with Crippen LogP contribution in [-0.4, -0.2) is 96.7 Å². The van der Waals surface area contributed by atoms with E-state index in [1.54, 1.807) is 0 Å². The highest BCUT2D eigenvalue weighted by Crippen LogP contribution is 2.45. The van der Waals surface area contributed by atoms with Gasteiger partial charge in [0.15, 0.2) is 12.2 Å². The average Bonchev–Trinajstić information content (AvgIpc) is 3.52.